The van der Waals surface area contributed by atoms with Gasteiger partial charge in [-0.25, -0.2) is 13.2 Å². The number of hydrogen-bond acceptors (Lipinski definition) is 7. The summed E-state index contributed by atoms with van der Waals surface area (Å²) >= 11 is 0. The maximum Gasteiger partial charge on any atom is 0.374 e. The lowest BCUT2D eigenvalue weighted by molar-refractivity contribution is 0.0558. The molecule has 1 atom stereocenters. The van der Waals surface area contributed by atoms with Crippen LogP contribution in [0.5, 0.6) is 0 Å². The van der Waals surface area contributed by atoms with E-state index in [2.05, 4.69) is 4.74 Å². The van der Waals surface area contributed by atoms with Gasteiger partial charge < -0.3 is 13.9 Å². The standard InChI is InChI=1S/C14H18N2O6S/c1-20-14(17)12-3-4-13(22-12)23(18,19)16(7-2-6-15)9-11-5-8-21-10-11/h3-4,11H,2,5,7-10H2,1H3. The second kappa shape index (κ2) is 7.59. The Labute approximate surface area is 134 Å². The number of methoxy groups -OCH3 is 1. The zero-order valence-electron chi connectivity index (χ0n) is 12.7. The van der Waals surface area contributed by atoms with Gasteiger partial charge >= 0.3 is 5.97 Å². The lowest BCUT2D eigenvalue weighted by Gasteiger charge is -2.22. The van der Waals surface area contributed by atoms with Crippen LogP contribution in [-0.2, 0) is 19.5 Å². The predicted molar refractivity (Wildman–Crippen MR) is 78.0 cm³/mol. The van der Waals surface area contributed by atoms with Gasteiger partial charge in [-0.1, -0.05) is 0 Å². The van der Waals surface area contributed by atoms with Crippen LogP contribution in [0, 0.1) is 17.2 Å². The molecule has 1 aromatic heterocycles. The molecule has 1 aromatic rings. The zero-order chi connectivity index (χ0) is 16.9. The molecule has 0 radical (unpaired) electrons. The molecule has 2 rings (SSSR count). The molecule has 8 nitrogen and oxygen atoms in total. The summed E-state index contributed by atoms with van der Waals surface area (Å²) in [5.41, 5.74) is 0. The van der Waals surface area contributed by atoms with Gasteiger partial charge in [0.15, 0.2) is 0 Å². The van der Waals surface area contributed by atoms with Crippen LogP contribution in [-0.4, -0.2) is 52.1 Å². The van der Waals surface area contributed by atoms with Crippen LogP contribution in [0.15, 0.2) is 21.6 Å². The van der Waals surface area contributed by atoms with Crippen molar-refractivity contribution in [1.82, 2.24) is 4.31 Å². The number of sulfonamides is 1. The molecule has 0 bridgehead atoms. The summed E-state index contributed by atoms with van der Waals surface area (Å²) in [5.74, 6) is -0.853. The fourth-order valence-electron chi connectivity index (χ4n) is 2.30. The molecule has 0 aliphatic carbocycles. The number of nitrogens with zero attached hydrogens (tertiary/aromatic N) is 2. The van der Waals surface area contributed by atoms with Crippen LogP contribution in [0.2, 0.25) is 0 Å². The maximum absolute atomic E-state index is 12.7. The number of carbonyl (C=O) groups excluding carboxylic acids is 1. The molecular weight excluding hydrogens is 324 g/mol. The Kier molecular flexibility index (Phi) is 5.76. The Bertz CT molecular complexity index is 684. The molecule has 0 spiro atoms. The number of furan rings is 1. The molecule has 1 saturated heterocycles. The van der Waals surface area contributed by atoms with E-state index in [1.54, 1.807) is 0 Å². The Balaban J connectivity index is 2.21. The average molecular weight is 342 g/mol. The van der Waals surface area contributed by atoms with Crippen molar-refractivity contribution in [3.8, 4) is 6.07 Å². The van der Waals surface area contributed by atoms with E-state index in [1.165, 1.54) is 23.5 Å². The molecule has 1 fully saturated rings. The number of ether oxygens (including phenoxy) is 2. The highest BCUT2D eigenvalue weighted by Crippen LogP contribution is 2.23. The Hall–Kier alpha value is -1.89. The fourth-order valence-corrected chi connectivity index (χ4v) is 3.72. The van der Waals surface area contributed by atoms with Gasteiger partial charge in [-0.05, 0) is 24.5 Å². The molecule has 2 heterocycles. The van der Waals surface area contributed by atoms with Crippen molar-refractivity contribution >= 4 is 16.0 Å². The van der Waals surface area contributed by atoms with E-state index in [-0.39, 0.29) is 36.3 Å². The topological polar surface area (TPSA) is 110 Å². The third kappa shape index (κ3) is 4.10. The number of nitriles is 1. The molecule has 23 heavy (non-hydrogen) atoms. The molecule has 1 unspecified atom stereocenters. The summed E-state index contributed by atoms with van der Waals surface area (Å²) in [6.45, 7) is 1.40. The third-order valence-electron chi connectivity index (χ3n) is 3.52. The monoisotopic (exact) mass is 342 g/mol. The third-order valence-corrected chi connectivity index (χ3v) is 5.26. The van der Waals surface area contributed by atoms with Crippen LogP contribution in [0.3, 0.4) is 0 Å². The average Bonchev–Trinajstić information content (AvgIpc) is 3.21. The van der Waals surface area contributed by atoms with Crippen molar-refractivity contribution in [3.05, 3.63) is 17.9 Å². The van der Waals surface area contributed by atoms with Crippen LogP contribution >= 0.6 is 0 Å². The first-order chi connectivity index (χ1) is 11.0. The molecule has 0 saturated carbocycles. The van der Waals surface area contributed by atoms with E-state index in [4.69, 9.17) is 14.4 Å². The minimum atomic E-state index is -3.93. The highest BCUT2D eigenvalue weighted by Gasteiger charge is 2.31. The number of esters is 1. The van der Waals surface area contributed by atoms with Crippen molar-refractivity contribution in [1.29, 1.82) is 5.26 Å². The van der Waals surface area contributed by atoms with Gasteiger partial charge in [0.05, 0.1) is 19.8 Å². The zero-order valence-corrected chi connectivity index (χ0v) is 13.5. The summed E-state index contributed by atoms with van der Waals surface area (Å²) in [7, 11) is -2.75. The molecule has 1 aliphatic rings. The molecular formula is C14H18N2O6S. The summed E-state index contributed by atoms with van der Waals surface area (Å²) in [4.78, 5) is 11.4. The second-order valence-corrected chi connectivity index (χ2v) is 6.98. The minimum Gasteiger partial charge on any atom is -0.463 e. The quantitative estimate of drug-likeness (QED) is 0.680. The smallest absolute Gasteiger partial charge is 0.374 e. The SMILES string of the molecule is COC(=O)c1ccc(S(=O)(=O)N(CCC#N)CC2CCOC2)o1. The largest absolute Gasteiger partial charge is 0.463 e. The highest BCUT2D eigenvalue weighted by atomic mass is 32.2. The summed E-state index contributed by atoms with van der Waals surface area (Å²) < 4.78 is 41.4. The second-order valence-electron chi connectivity index (χ2n) is 5.11. The minimum absolute atomic E-state index is 0.0591. The lowest BCUT2D eigenvalue weighted by Crippen LogP contribution is -2.36. The van der Waals surface area contributed by atoms with E-state index in [0.717, 1.165) is 6.42 Å². The van der Waals surface area contributed by atoms with E-state index in [0.29, 0.717) is 13.2 Å². The van der Waals surface area contributed by atoms with Crippen LogP contribution in [0.25, 0.3) is 0 Å². The fraction of sp³-hybridized carbons (Fsp3) is 0.571. The van der Waals surface area contributed by atoms with Crippen molar-refractivity contribution in [3.63, 3.8) is 0 Å². The van der Waals surface area contributed by atoms with E-state index in [1.807, 2.05) is 6.07 Å². The van der Waals surface area contributed by atoms with E-state index in [9.17, 15) is 13.2 Å². The molecule has 9 heteroatoms. The van der Waals surface area contributed by atoms with Crippen molar-refractivity contribution in [2.75, 3.05) is 33.4 Å². The normalized spacial score (nSPS) is 18.0. The predicted octanol–water partition coefficient (Wildman–Crippen LogP) is 1.01. The molecule has 1 aliphatic heterocycles. The first-order valence-corrected chi connectivity index (χ1v) is 8.56. The number of rotatable bonds is 7. The van der Waals surface area contributed by atoms with Gasteiger partial charge in [0, 0.05) is 26.1 Å². The van der Waals surface area contributed by atoms with Crippen molar-refractivity contribution in [2.24, 2.45) is 5.92 Å². The van der Waals surface area contributed by atoms with E-state index >= 15 is 0 Å². The van der Waals surface area contributed by atoms with Crippen LogP contribution < -0.4 is 0 Å². The van der Waals surface area contributed by atoms with Crippen LogP contribution in [0.1, 0.15) is 23.4 Å². The van der Waals surface area contributed by atoms with Crippen molar-refractivity contribution < 1.29 is 27.1 Å². The van der Waals surface area contributed by atoms with Crippen LogP contribution in [0.4, 0.5) is 0 Å². The van der Waals surface area contributed by atoms with Gasteiger partial charge in [0.2, 0.25) is 10.9 Å². The van der Waals surface area contributed by atoms with Gasteiger partial charge in [0.25, 0.3) is 10.0 Å². The molecule has 126 valence electrons. The van der Waals surface area contributed by atoms with E-state index < -0.39 is 16.0 Å². The number of hydrogen-bond donors (Lipinski definition) is 0. The first-order valence-electron chi connectivity index (χ1n) is 7.12. The maximum atomic E-state index is 12.7. The first kappa shape index (κ1) is 17.5. The summed E-state index contributed by atoms with van der Waals surface area (Å²) in [5, 5.41) is 8.40. The number of carbonyl (C=O) groups is 1. The van der Waals surface area contributed by atoms with Crippen molar-refractivity contribution in [2.45, 2.75) is 17.9 Å². The Morgan fingerprint density at radius 3 is 2.91 bits per heavy atom. The molecule has 0 N–H and O–H groups in total. The molecule has 0 amide bonds. The van der Waals surface area contributed by atoms with Gasteiger partial charge in [-0.15, -0.1) is 0 Å². The van der Waals surface area contributed by atoms with Gasteiger partial charge in [-0.2, -0.15) is 9.57 Å². The lowest BCUT2D eigenvalue weighted by atomic mass is 10.1. The Morgan fingerprint density at radius 1 is 1.52 bits per heavy atom. The Morgan fingerprint density at radius 2 is 2.30 bits per heavy atom. The summed E-state index contributed by atoms with van der Waals surface area (Å²) in [6, 6.07) is 4.40. The molecule has 0 aromatic carbocycles. The summed E-state index contributed by atoms with van der Waals surface area (Å²) in [6.07, 6.45) is 0.835. The van der Waals surface area contributed by atoms with Gasteiger partial charge in [0.1, 0.15) is 0 Å². The van der Waals surface area contributed by atoms with Gasteiger partial charge in [-0.3, -0.25) is 0 Å². The highest BCUT2D eigenvalue weighted by molar-refractivity contribution is 7.89.